The number of amides is 1. The van der Waals surface area contributed by atoms with Crippen molar-refractivity contribution in [1.82, 2.24) is 10.3 Å². The number of fused-ring (bicyclic) bond motifs is 1. The lowest BCUT2D eigenvalue weighted by Crippen LogP contribution is -2.17. The van der Waals surface area contributed by atoms with E-state index < -0.39 is 0 Å². The third kappa shape index (κ3) is 3.43. The van der Waals surface area contributed by atoms with E-state index in [1.165, 1.54) is 0 Å². The second kappa shape index (κ2) is 6.67. The molecule has 23 heavy (non-hydrogen) atoms. The van der Waals surface area contributed by atoms with Crippen LogP contribution < -0.4 is 10.6 Å². The third-order valence-corrected chi connectivity index (χ3v) is 3.90. The lowest BCUT2D eigenvalue weighted by Gasteiger charge is -2.09. The first-order chi connectivity index (χ1) is 11.2. The maximum Gasteiger partial charge on any atom is 0.251 e. The molecule has 0 unspecified atom stereocenters. The first-order valence-corrected chi connectivity index (χ1v) is 7.65. The number of carbonyl (C=O) groups excluding carboxylic acids is 1. The summed E-state index contributed by atoms with van der Waals surface area (Å²) in [5.74, 6) is 0.636. The molecule has 1 amide bonds. The fraction of sp³-hybridized carbons (Fsp3) is 0.111. The molecule has 0 saturated carbocycles. The fourth-order valence-electron chi connectivity index (χ4n) is 2.36. The Labute approximate surface area is 139 Å². The van der Waals surface area contributed by atoms with E-state index in [0.717, 1.165) is 22.2 Å². The highest BCUT2D eigenvalue weighted by Crippen LogP contribution is 2.24. The van der Waals surface area contributed by atoms with Crippen LogP contribution in [0.25, 0.3) is 10.8 Å². The van der Waals surface area contributed by atoms with E-state index in [4.69, 9.17) is 11.6 Å². The van der Waals surface area contributed by atoms with Gasteiger partial charge in [-0.05, 0) is 29.1 Å². The van der Waals surface area contributed by atoms with Crippen LogP contribution in [0.1, 0.15) is 15.9 Å². The van der Waals surface area contributed by atoms with Gasteiger partial charge in [-0.2, -0.15) is 0 Å². The highest BCUT2D eigenvalue weighted by molar-refractivity contribution is 6.34. The van der Waals surface area contributed by atoms with Crippen LogP contribution in [0.2, 0.25) is 5.15 Å². The highest BCUT2D eigenvalue weighted by atomic mass is 35.5. The van der Waals surface area contributed by atoms with Crippen LogP contribution in [-0.2, 0) is 6.54 Å². The van der Waals surface area contributed by atoms with Gasteiger partial charge in [0.1, 0.15) is 11.0 Å². The molecule has 0 radical (unpaired) electrons. The summed E-state index contributed by atoms with van der Waals surface area (Å²) >= 11 is 6.22. The number of hydrogen-bond acceptors (Lipinski definition) is 3. The summed E-state index contributed by atoms with van der Waals surface area (Å²) in [6.45, 7) is 0.607. The molecule has 0 aliphatic rings. The maximum absolute atomic E-state index is 11.5. The molecule has 0 fully saturated rings. The number of carbonyl (C=O) groups is 1. The monoisotopic (exact) mass is 325 g/mol. The average Bonchev–Trinajstić information content (AvgIpc) is 2.60. The molecule has 0 bridgehead atoms. The van der Waals surface area contributed by atoms with Crippen LogP contribution in [0, 0.1) is 0 Å². The predicted octanol–water partition coefficient (Wildman–Crippen LogP) is 3.86. The Morgan fingerprint density at radius 1 is 1.13 bits per heavy atom. The van der Waals surface area contributed by atoms with Crippen LogP contribution in [0.3, 0.4) is 0 Å². The quantitative estimate of drug-likeness (QED) is 0.716. The van der Waals surface area contributed by atoms with Crippen molar-refractivity contribution in [1.29, 1.82) is 0 Å². The Morgan fingerprint density at radius 2 is 1.87 bits per heavy atom. The zero-order valence-corrected chi connectivity index (χ0v) is 13.4. The fourth-order valence-corrected chi connectivity index (χ4v) is 2.62. The minimum Gasteiger partial charge on any atom is -0.366 e. The van der Waals surface area contributed by atoms with E-state index in [0.29, 0.717) is 17.3 Å². The highest BCUT2D eigenvalue weighted by Gasteiger charge is 2.05. The molecule has 0 spiro atoms. The van der Waals surface area contributed by atoms with Crippen molar-refractivity contribution >= 4 is 34.1 Å². The molecule has 1 heterocycles. The zero-order chi connectivity index (χ0) is 16.2. The zero-order valence-electron chi connectivity index (χ0n) is 12.6. The van der Waals surface area contributed by atoms with Crippen LogP contribution in [-0.4, -0.2) is 17.9 Å². The number of hydrogen-bond donors (Lipinski definition) is 2. The van der Waals surface area contributed by atoms with Gasteiger partial charge in [0.2, 0.25) is 0 Å². The van der Waals surface area contributed by atoms with Crippen molar-refractivity contribution in [2.45, 2.75) is 6.54 Å². The number of nitrogens with one attached hydrogen (secondary N) is 2. The molecule has 0 aliphatic carbocycles. The minimum atomic E-state index is -0.0903. The second-order valence-corrected chi connectivity index (χ2v) is 5.51. The van der Waals surface area contributed by atoms with Gasteiger partial charge < -0.3 is 10.6 Å². The summed E-state index contributed by atoms with van der Waals surface area (Å²) in [4.78, 5) is 15.9. The van der Waals surface area contributed by atoms with Gasteiger partial charge in [0.25, 0.3) is 5.91 Å². The summed E-state index contributed by atoms with van der Waals surface area (Å²) in [7, 11) is 1.62. The summed E-state index contributed by atoms with van der Waals surface area (Å²) < 4.78 is 0. The van der Waals surface area contributed by atoms with Gasteiger partial charge in [0.15, 0.2) is 0 Å². The van der Waals surface area contributed by atoms with E-state index in [2.05, 4.69) is 15.6 Å². The second-order valence-electron chi connectivity index (χ2n) is 5.15. The van der Waals surface area contributed by atoms with Crippen molar-refractivity contribution in [3.63, 3.8) is 0 Å². The molecule has 0 aliphatic heterocycles. The molecule has 3 aromatic rings. The first kappa shape index (κ1) is 15.3. The largest absolute Gasteiger partial charge is 0.366 e. The van der Waals surface area contributed by atoms with Crippen molar-refractivity contribution in [3.8, 4) is 0 Å². The lowest BCUT2D eigenvalue weighted by molar-refractivity contribution is 0.0963. The molecule has 5 heteroatoms. The lowest BCUT2D eigenvalue weighted by atomic mass is 10.1. The average molecular weight is 326 g/mol. The van der Waals surface area contributed by atoms with Gasteiger partial charge in [-0.15, -0.1) is 0 Å². The van der Waals surface area contributed by atoms with E-state index in [1.54, 1.807) is 19.2 Å². The molecule has 2 aromatic carbocycles. The molecular weight excluding hydrogens is 310 g/mol. The van der Waals surface area contributed by atoms with E-state index in [-0.39, 0.29) is 5.91 Å². The molecule has 3 rings (SSSR count). The number of halogens is 1. The molecular formula is C18H16ClN3O. The number of rotatable bonds is 4. The van der Waals surface area contributed by atoms with Crippen LogP contribution in [0.15, 0.2) is 54.6 Å². The minimum absolute atomic E-state index is 0.0903. The maximum atomic E-state index is 11.5. The number of benzene rings is 2. The van der Waals surface area contributed by atoms with Crippen LogP contribution >= 0.6 is 11.6 Å². The number of pyridine rings is 1. The first-order valence-electron chi connectivity index (χ1n) is 7.27. The SMILES string of the molecule is CNC(=O)c1ccc(CNc2cc3ccccc3c(Cl)n2)cc1. The molecule has 116 valence electrons. The van der Waals surface area contributed by atoms with E-state index in [1.807, 2.05) is 42.5 Å². The summed E-state index contributed by atoms with van der Waals surface area (Å²) in [6.07, 6.45) is 0. The van der Waals surface area contributed by atoms with Crippen molar-refractivity contribution in [2.75, 3.05) is 12.4 Å². The Kier molecular flexibility index (Phi) is 4.44. The Hall–Kier alpha value is -2.59. The summed E-state index contributed by atoms with van der Waals surface area (Å²) in [5, 5.41) is 8.34. The smallest absolute Gasteiger partial charge is 0.251 e. The number of anilines is 1. The predicted molar refractivity (Wildman–Crippen MR) is 93.9 cm³/mol. The van der Waals surface area contributed by atoms with Crippen molar-refractivity contribution in [3.05, 3.63) is 70.9 Å². The molecule has 2 N–H and O–H groups in total. The number of aromatic nitrogens is 1. The van der Waals surface area contributed by atoms with Gasteiger partial charge in [0.05, 0.1) is 0 Å². The van der Waals surface area contributed by atoms with Crippen LogP contribution in [0.5, 0.6) is 0 Å². The van der Waals surface area contributed by atoms with Crippen LogP contribution in [0.4, 0.5) is 5.82 Å². The molecule has 4 nitrogen and oxygen atoms in total. The van der Waals surface area contributed by atoms with Gasteiger partial charge >= 0.3 is 0 Å². The standard InChI is InChI=1S/C18H16ClN3O/c1-20-18(23)13-8-6-12(7-9-13)11-21-16-10-14-4-2-3-5-15(14)17(19)22-16/h2-10H,11H2,1H3,(H,20,23)(H,21,22). The van der Waals surface area contributed by atoms with Gasteiger partial charge in [0, 0.05) is 24.5 Å². The topological polar surface area (TPSA) is 54.0 Å². The Balaban J connectivity index is 1.74. The molecule has 1 aromatic heterocycles. The summed E-state index contributed by atoms with van der Waals surface area (Å²) in [6, 6.07) is 17.3. The van der Waals surface area contributed by atoms with E-state index in [9.17, 15) is 4.79 Å². The Morgan fingerprint density at radius 3 is 2.61 bits per heavy atom. The van der Waals surface area contributed by atoms with Gasteiger partial charge in [-0.25, -0.2) is 4.98 Å². The third-order valence-electron chi connectivity index (χ3n) is 3.61. The van der Waals surface area contributed by atoms with Crippen molar-refractivity contribution < 1.29 is 4.79 Å². The normalized spacial score (nSPS) is 10.5. The van der Waals surface area contributed by atoms with Gasteiger partial charge in [-0.1, -0.05) is 48.0 Å². The number of nitrogens with zero attached hydrogens (tertiary/aromatic N) is 1. The summed E-state index contributed by atoms with van der Waals surface area (Å²) in [5.41, 5.74) is 1.70. The molecule has 0 atom stereocenters. The van der Waals surface area contributed by atoms with Crippen molar-refractivity contribution in [2.24, 2.45) is 0 Å². The molecule has 0 saturated heterocycles. The van der Waals surface area contributed by atoms with Gasteiger partial charge in [-0.3, -0.25) is 4.79 Å². The Bertz CT molecular complexity index is 847. The van der Waals surface area contributed by atoms with E-state index >= 15 is 0 Å².